The maximum atomic E-state index is 5.51. The molecule has 0 spiro atoms. The first-order chi connectivity index (χ1) is 11.4. The number of nitrogens with zero attached hydrogens (tertiary/aromatic N) is 4. The van der Waals surface area contributed by atoms with Gasteiger partial charge < -0.3 is 9.64 Å². The summed E-state index contributed by atoms with van der Waals surface area (Å²) in [5, 5.41) is 0. The molecular formula is C18H22N4O. The molecule has 1 atom stereocenters. The van der Waals surface area contributed by atoms with E-state index >= 15 is 0 Å². The lowest BCUT2D eigenvalue weighted by molar-refractivity contribution is 0.168. The third-order valence-corrected chi connectivity index (χ3v) is 4.87. The van der Waals surface area contributed by atoms with Crippen LogP contribution in [0.4, 0.5) is 0 Å². The van der Waals surface area contributed by atoms with E-state index in [4.69, 9.17) is 4.74 Å². The van der Waals surface area contributed by atoms with Gasteiger partial charge in [0.1, 0.15) is 6.33 Å². The molecule has 0 aliphatic carbocycles. The summed E-state index contributed by atoms with van der Waals surface area (Å²) in [6.07, 6.45) is 8.57. The van der Waals surface area contributed by atoms with Gasteiger partial charge in [0.15, 0.2) is 0 Å². The summed E-state index contributed by atoms with van der Waals surface area (Å²) < 4.78 is 5.51. The first-order valence-corrected chi connectivity index (χ1v) is 8.43. The highest BCUT2D eigenvalue weighted by atomic mass is 16.5. The van der Waals surface area contributed by atoms with Gasteiger partial charge in [-0.05, 0) is 30.9 Å². The Morgan fingerprint density at radius 2 is 2.00 bits per heavy atom. The van der Waals surface area contributed by atoms with Crippen LogP contribution in [0, 0.1) is 5.92 Å². The van der Waals surface area contributed by atoms with Crippen molar-refractivity contribution < 1.29 is 4.74 Å². The molecule has 2 aliphatic heterocycles. The van der Waals surface area contributed by atoms with E-state index in [0.717, 1.165) is 56.9 Å². The van der Waals surface area contributed by atoms with Crippen LogP contribution in [-0.2, 0) is 17.6 Å². The number of hydrogen-bond acceptors (Lipinski definition) is 5. The number of pyridine rings is 1. The third kappa shape index (κ3) is 3.26. The van der Waals surface area contributed by atoms with Gasteiger partial charge in [-0.2, -0.15) is 0 Å². The second kappa shape index (κ2) is 6.72. The molecule has 4 heterocycles. The number of aromatic nitrogens is 3. The Bertz CT molecular complexity index is 655. The fourth-order valence-electron chi connectivity index (χ4n) is 3.61. The van der Waals surface area contributed by atoms with Crippen molar-refractivity contribution in [2.75, 3.05) is 32.8 Å². The Labute approximate surface area is 136 Å². The van der Waals surface area contributed by atoms with Gasteiger partial charge in [0, 0.05) is 61.9 Å². The molecule has 0 aromatic carbocycles. The van der Waals surface area contributed by atoms with Gasteiger partial charge in [-0.25, -0.2) is 9.97 Å². The summed E-state index contributed by atoms with van der Waals surface area (Å²) in [6, 6.07) is 4.06. The van der Waals surface area contributed by atoms with Crippen molar-refractivity contribution in [1.29, 1.82) is 0 Å². The summed E-state index contributed by atoms with van der Waals surface area (Å²) in [4.78, 5) is 15.8. The van der Waals surface area contributed by atoms with E-state index in [2.05, 4.69) is 19.9 Å². The fourth-order valence-corrected chi connectivity index (χ4v) is 3.61. The number of hydrogen-bond donors (Lipinski definition) is 0. The number of rotatable bonds is 3. The van der Waals surface area contributed by atoms with Gasteiger partial charge in [0.25, 0.3) is 0 Å². The standard InChI is InChI=1S/C18H22N4O/c1-6-19-7-2-15(1)18-16-3-8-22(11-14-5-10-23-12-14)9-4-17(16)20-13-21-18/h1-2,6-7,13-14H,3-5,8-12H2. The largest absolute Gasteiger partial charge is 0.381 e. The lowest BCUT2D eigenvalue weighted by Crippen LogP contribution is -2.32. The van der Waals surface area contributed by atoms with Crippen molar-refractivity contribution in [3.63, 3.8) is 0 Å². The van der Waals surface area contributed by atoms with Gasteiger partial charge in [-0.15, -0.1) is 0 Å². The smallest absolute Gasteiger partial charge is 0.116 e. The molecule has 2 aliphatic rings. The van der Waals surface area contributed by atoms with Crippen LogP contribution in [0.5, 0.6) is 0 Å². The Hall–Kier alpha value is -1.85. The molecule has 4 rings (SSSR count). The predicted molar refractivity (Wildman–Crippen MR) is 88.0 cm³/mol. The molecule has 2 aromatic heterocycles. The molecule has 120 valence electrons. The monoisotopic (exact) mass is 310 g/mol. The molecule has 0 N–H and O–H groups in total. The molecule has 1 unspecified atom stereocenters. The summed E-state index contributed by atoms with van der Waals surface area (Å²) in [5.74, 6) is 0.696. The normalized spacial score (nSPS) is 21.8. The van der Waals surface area contributed by atoms with Gasteiger partial charge >= 0.3 is 0 Å². The molecule has 0 saturated carbocycles. The average Bonchev–Trinajstić information content (AvgIpc) is 3.02. The lowest BCUT2D eigenvalue weighted by atomic mass is 10.0. The highest BCUT2D eigenvalue weighted by Crippen LogP contribution is 2.26. The van der Waals surface area contributed by atoms with Crippen LogP contribution in [0.15, 0.2) is 30.9 Å². The van der Waals surface area contributed by atoms with E-state index in [1.165, 1.54) is 17.7 Å². The molecule has 0 bridgehead atoms. The molecular weight excluding hydrogens is 288 g/mol. The molecule has 0 amide bonds. The second-order valence-electron chi connectivity index (χ2n) is 6.41. The summed E-state index contributed by atoms with van der Waals surface area (Å²) in [7, 11) is 0. The molecule has 5 heteroatoms. The van der Waals surface area contributed by atoms with Crippen LogP contribution in [0.2, 0.25) is 0 Å². The quantitative estimate of drug-likeness (QED) is 0.867. The number of ether oxygens (including phenoxy) is 1. The predicted octanol–water partition coefficient (Wildman–Crippen LogP) is 1.98. The Kier molecular flexibility index (Phi) is 4.30. The fraction of sp³-hybridized carbons (Fsp3) is 0.500. The minimum Gasteiger partial charge on any atom is -0.381 e. The van der Waals surface area contributed by atoms with Gasteiger partial charge in [0.2, 0.25) is 0 Å². The molecule has 23 heavy (non-hydrogen) atoms. The van der Waals surface area contributed by atoms with Crippen LogP contribution in [0.25, 0.3) is 11.3 Å². The van der Waals surface area contributed by atoms with Crippen LogP contribution in [0.3, 0.4) is 0 Å². The van der Waals surface area contributed by atoms with Crippen molar-refractivity contribution in [3.05, 3.63) is 42.1 Å². The topological polar surface area (TPSA) is 51.1 Å². The van der Waals surface area contributed by atoms with E-state index in [-0.39, 0.29) is 0 Å². The number of fused-ring (bicyclic) bond motifs is 1. The third-order valence-electron chi connectivity index (χ3n) is 4.87. The van der Waals surface area contributed by atoms with Gasteiger partial charge in [0.05, 0.1) is 12.3 Å². The molecule has 1 fully saturated rings. The first kappa shape index (κ1) is 14.7. The maximum Gasteiger partial charge on any atom is 0.116 e. The van der Waals surface area contributed by atoms with Crippen LogP contribution >= 0.6 is 0 Å². The van der Waals surface area contributed by atoms with Gasteiger partial charge in [-0.3, -0.25) is 4.98 Å². The SMILES string of the molecule is c1cc(-c2ncnc3c2CCN(CC2CCOC2)CC3)ccn1. The molecule has 2 aromatic rings. The van der Waals surface area contributed by atoms with E-state index in [1.807, 2.05) is 24.5 Å². The van der Waals surface area contributed by atoms with Gasteiger partial charge in [-0.1, -0.05) is 0 Å². The van der Waals surface area contributed by atoms with Crippen LogP contribution < -0.4 is 0 Å². The highest BCUT2D eigenvalue weighted by molar-refractivity contribution is 5.63. The highest BCUT2D eigenvalue weighted by Gasteiger charge is 2.23. The Balaban J connectivity index is 1.54. The molecule has 0 radical (unpaired) electrons. The van der Waals surface area contributed by atoms with E-state index in [0.29, 0.717) is 5.92 Å². The first-order valence-electron chi connectivity index (χ1n) is 8.43. The van der Waals surface area contributed by atoms with Crippen molar-refractivity contribution in [2.45, 2.75) is 19.3 Å². The molecule has 1 saturated heterocycles. The van der Waals surface area contributed by atoms with Crippen LogP contribution in [-0.4, -0.2) is 52.7 Å². The van der Waals surface area contributed by atoms with E-state index in [9.17, 15) is 0 Å². The Morgan fingerprint density at radius 1 is 1.13 bits per heavy atom. The zero-order valence-electron chi connectivity index (χ0n) is 13.3. The zero-order chi connectivity index (χ0) is 15.5. The minimum absolute atomic E-state index is 0.696. The summed E-state index contributed by atoms with van der Waals surface area (Å²) in [5.41, 5.74) is 4.72. The maximum absolute atomic E-state index is 5.51. The average molecular weight is 310 g/mol. The second-order valence-corrected chi connectivity index (χ2v) is 6.41. The van der Waals surface area contributed by atoms with Crippen molar-refractivity contribution in [2.24, 2.45) is 5.92 Å². The Morgan fingerprint density at radius 3 is 2.83 bits per heavy atom. The lowest BCUT2D eigenvalue weighted by Gasteiger charge is -2.22. The minimum atomic E-state index is 0.696. The molecule has 5 nitrogen and oxygen atoms in total. The van der Waals surface area contributed by atoms with Crippen molar-refractivity contribution in [1.82, 2.24) is 19.9 Å². The summed E-state index contributed by atoms with van der Waals surface area (Å²) in [6.45, 7) is 5.15. The van der Waals surface area contributed by atoms with E-state index < -0.39 is 0 Å². The zero-order valence-corrected chi connectivity index (χ0v) is 13.3. The van der Waals surface area contributed by atoms with Crippen molar-refractivity contribution >= 4 is 0 Å². The van der Waals surface area contributed by atoms with Crippen LogP contribution in [0.1, 0.15) is 17.7 Å². The van der Waals surface area contributed by atoms with Crippen molar-refractivity contribution in [3.8, 4) is 11.3 Å². The summed E-state index contributed by atoms with van der Waals surface area (Å²) >= 11 is 0. The van der Waals surface area contributed by atoms with E-state index in [1.54, 1.807) is 6.33 Å².